The third kappa shape index (κ3) is 5.83. The van der Waals surface area contributed by atoms with Crippen LogP contribution in [0.4, 0.5) is 0 Å². The van der Waals surface area contributed by atoms with E-state index in [0.29, 0.717) is 0 Å². The Hall–Kier alpha value is -0.120. The molecular weight excluding hydrogens is 200 g/mol. The first-order valence-corrected chi connectivity index (χ1v) is 6.82. The zero-order chi connectivity index (χ0) is 11.7. The molecule has 1 unspecified atom stereocenters. The smallest absolute Gasteiger partial charge is 0.0779 e. The van der Waals surface area contributed by atoms with Crippen LogP contribution in [-0.2, 0) is 4.74 Å². The number of hydrogen-bond acceptors (Lipinski definition) is 3. The topological polar surface area (TPSA) is 47.3 Å². The van der Waals surface area contributed by atoms with Gasteiger partial charge in [0.15, 0.2) is 0 Å². The van der Waals surface area contributed by atoms with E-state index in [0.717, 1.165) is 26.2 Å². The summed E-state index contributed by atoms with van der Waals surface area (Å²) in [6.07, 6.45) is 8.82. The lowest BCUT2D eigenvalue weighted by Gasteiger charge is -2.23. The van der Waals surface area contributed by atoms with E-state index in [2.05, 4.69) is 12.2 Å². The standard InChI is InChI=1S/C13H28N2O/c1-13(8-7-11-16-13)12-15-10-6-4-2-3-5-9-14/h15H,2-12,14H2,1H3. The average Bonchev–Trinajstić information content (AvgIpc) is 2.70. The van der Waals surface area contributed by atoms with Gasteiger partial charge in [-0.3, -0.25) is 0 Å². The first-order chi connectivity index (χ1) is 7.77. The molecule has 16 heavy (non-hydrogen) atoms. The summed E-state index contributed by atoms with van der Waals surface area (Å²) >= 11 is 0. The highest BCUT2D eigenvalue weighted by molar-refractivity contribution is 4.82. The summed E-state index contributed by atoms with van der Waals surface area (Å²) in [5, 5.41) is 3.51. The molecule has 0 saturated carbocycles. The molecule has 1 heterocycles. The Labute approximate surface area is 100 Å². The largest absolute Gasteiger partial charge is 0.374 e. The van der Waals surface area contributed by atoms with Gasteiger partial charge in [-0.2, -0.15) is 0 Å². The first kappa shape index (κ1) is 13.9. The summed E-state index contributed by atoms with van der Waals surface area (Å²) in [6, 6.07) is 0. The van der Waals surface area contributed by atoms with E-state index >= 15 is 0 Å². The van der Waals surface area contributed by atoms with Gasteiger partial charge < -0.3 is 15.8 Å². The third-order valence-electron chi connectivity index (χ3n) is 3.36. The zero-order valence-electron chi connectivity index (χ0n) is 10.8. The molecule has 3 N–H and O–H groups in total. The highest BCUT2D eigenvalue weighted by atomic mass is 16.5. The van der Waals surface area contributed by atoms with Crippen molar-refractivity contribution in [3.63, 3.8) is 0 Å². The lowest BCUT2D eigenvalue weighted by atomic mass is 10.0. The van der Waals surface area contributed by atoms with Crippen molar-refractivity contribution < 1.29 is 4.74 Å². The summed E-state index contributed by atoms with van der Waals surface area (Å²) in [5.74, 6) is 0. The van der Waals surface area contributed by atoms with Gasteiger partial charge in [0, 0.05) is 13.2 Å². The van der Waals surface area contributed by atoms with Crippen molar-refractivity contribution in [3.8, 4) is 0 Å². The van der Waals surface area contributed by atoms with Crippen molar-refractivity contribution in [1.82, 2.24) is 5.32 Å². The highest BCUT2D eigenvalue weighted by Gasteiger charge is 2.28. The van der Waals surface area contributed by atoms with Crippen LogP contribution in [0.15, 0.2) is 0 Å². The van der Waals surface area contributed by atoms with Crippen LogP contribution < -0.4 is 11.1 Å². The van der Waals surface area contributed by atoms with Crippen molar-refractivity contribution in [3.05, 3.63) is 0 Å². The Morgan fingerprint density at radius 3 is 2.62 bits per heavy atom. The Morgan fingerprint density at radius 2 is 1.94 bits per heavy atom. The van der Waals surface area contributed by atoms with E-state index in [9.17, 15) is 0 Å². The number of hydrogen-bond donors (Lipinski definition) is 2. The molecule has 0 aliphatic carbocycles. The molecule has 1 rings (SSSR count). The van der Waals surface area contributed by atoms with Gasteiger partial charge >= 0.3 is 0 Å². The minimum absolute atomic E-state index is 0.111. The van der Waals surface area contributed by atoms with E-state index in [1.807, 2.05) is 0 Å². The van der Waals surface area contributed by atoms with Gasteiger partial charge in [0.25, 0.3) is 0 Å². The van der Waals surface area contributed by atoms with Gasteiger partial charge in [-0.1, -0.05) is 19.3 Å². The molecule has 0 bridgehead atoms. The fourth-order valence-corrected chi connectivity index (χ4v) is 2.25. The Balaban J connectivity index is 1.84. The van der Waals surface area contributed by atoms with Crippen LogP contribution in [0.25, 0.3) is 0 Å². The highest BCUT2D eigenvalue weighted by Crippen LogP contribution is 2.23. The molecule has 0 radical (unpaired) electrons. The fraction of sp³-hybridized carbons (Fsp3) is 1.00. The van der Waals surface area contributed by atoms with Crippen LogP contribution in [0.2, 0.25) is 0 Å². The van der Waals surface area contributed by atoms with Crippen molar-refractivity contribution in [2.45, 2.75) is 57.5 Å². The predicted molar refractivity (Wildman–Crippen MR) is 68.6 cm³/mol. The van der Waals surface area contributed by atoms with Gasteiger partial charge in [0.2, 0.25) is 0 Å². The van der Waals surface area contributed by atoms with Crippen molar-refractivity contribution >= 4 is 0 Å². The molecule has 1 fully saturated rings. The van der Waals surface area contributed by atoms with E-state index in [1.165, 1.54) is 44.9 Å². The van der Waals surface area contributed by atoms with Crippen LogP contribution in [0, 0.1) is 0 Å². The van der Waals surface area contributed by atoms with Gasteiger partial charge in [-0.25, -0.2) is 0 Å². The minimum Gasteiger partial charge on any atom is -0.374 e. The maximum absolute atomic E-state index is 5.72. The fourth-order valence-electron chi connectivity index (χ4n) is 2.25. The third-order valence-corrected chi connectivity index (χ3v) is 3.36. The second-order valence-corrected chi connectivity index (χ2v) is 5.14. The number of nitrogens with two attached hydrogens (primary N) is 1. The van der Waals surface area contributed by atoms with Gasteiger partial charge in [-0.05, 0) is 45.7 Å². The number of rotatable bonds is 9. The molecular formula is C13H28N2O. The second-order valence-electron chi connectivity index (χ2n) is 5.14. The SMILES string of the molecule is CC1(CNCCCCCCCN)CCCO1. The predicted octanol–water partition coefficient (Wildman–Crippen LogP) is 2.05. The molecule has 1 aliphatic rings. The Kier molecular flexibility index (Phi) is 7.01. The Bertz CT molecular complexity index is 167. The molecule has 0 aromatic rings. The van der Waals surface area contributed by atoms with Crippen LogP contribution in [0.3, 0.4) is 0 Å². The van der Waals surface area contributed by atoms with Crippen LogP contribution in [0.1, 0.15) is 51.9 Å². The first-order valence-electron chi connectivity index (χ1n) is 6.82. The van der Waals surface area contributed by atoms with E-state index in [-0.39, 0.29) is 5.60 Å². The summed E-state index contributed by atoms with van der Waals surface area (Å²) in [4.78, 5) is 0. The lowest BCUT2D eigenvalue weighted by Crippen LogP contribution is -2.37. The Morgan fingerprint density at radius 1 is 1.19 bits per heavy atom. The number of nitrogens with one attached hydrogen (secondary N) is 1. The minimum atomic E-state index is 0.111. The molecule has 0 spiro atoms. The monoisotopic (exact) mass is 228 g/mol. The molecule has 1 atom stereocenters. The molecule has 1 aliphatic heterocycles. The van der Waals surface area contributed by atoms with E-state index < -0.39 is 0 Å². The van der Waals surface area contributed by atoms with Crippen LogP contribution in [0.5, 0.6) is 0 Å². The van der Waals surface area contributed by atoms with Gasteiger partial charge in [-0.15, -0.1) is 0 Å². The molecule has 0 aromatic carbocycles. The number of ether oxygens (including phenoxy) is 1. The molecule has 96 valence electrons. The molecule has 3 heteroatoms. The number of unbranched alkanes of at least 4 members (excludes halogenated alkanes) is 4. The van der Waals surface area contributed by atoms with E-state index in [1.54, 1.807) is 0 Å². The molecule has 1 saturated heterocycles. The van der Waals surface area contributed by atoms with Crippen LogP contribution >= 0.6 is 0 Å². The lowest BCUT2D eigenvalue weighted by molar-refractivity contribution is 0.0210. The zero-order valence-corrected chi connectivity index (χ0v) is 10.8. The van der Waals surface area contributed by atoms with Crippen molar-refractivity contribution in [1.29, 1.82) is 0 Å². The van der Waals surface area contributed by atoms with Crippen molar-refractivity contribution in [2.24, 2.45) is 5.73 Å². The van der Waals surface area contributed by atoms with Gasteiger partial charge in [0.05, 0.1) is 5.60 Å². The maximum atomic E-state index is 5.72. The van der Waals surface area contributed by atoms with Crippen LogP contribution in [-0.4, -0.2) is 31.8 Å². The quantitative estimate of drug-likeness (QED) is 0.594. The summed E-state index contributed by atoms with van der Waals surface area (Å²) in [6.45, 7) is 6.14. The van der Waals surface area contributed by atoms with Gasteiger partial charge in [0.1, 0.15) is 0 Å². The van der Waals surface area contributed by atoms with E-state index in [4.69, 9.17) is 10.5 Å². The molecule has 0 amide bonds. The summed E-state index contributed by atoms with van der Waals surface area (Å²) in [7, 11) is 0. The molecule has 3 nitrogen and oxygen atoms in total. The summed E-state index contributed by atoms with van der Waals surface area (Å²) < 4.78 is 5.72. The summed E-state index contributed by atoms with van der Waals surface area (Å²) in [5.41, 5.74) is 5.56. The maximum Gasteiger partial charge on any atom is 0.0779 e. The second kappa shape index (κ2) is 8.04. The average molecular weight is 228 g/mol. The van der Waals surface area contributed by atoms with Crippen molar-refractivity contribution in [2.75, 3.05) is 26.2 Å². The molecule has 0 aromatic heterocycles. The normalized spacial score (nSPS) is 25.1.